The lowest BCUT2D eigenvalue weighted by Crippen LogP contribution is -2.31. The molecule has 2 atom stereocenters. The average molecular weight is 350 g/mol. The molecule has 1 heterocycles. The molecule has 1 fully saturated rings. The summed E-state index contributed by atoms with van der Waals surface area (Å²) in [5.74, 6) is -2.48. The standard InChI is InChI=1S/C13H14BrF2NO3/c1-19-10-5-17(6-11(10)20-2)13(18)12-8(15)3-7(14)4-9(12)16/h3-4,10-11H,5-6H2,1-2H3. The Hall–Kier alpha value is -1.05. The minimum absolute atomic E-state index is 0.239. The highest BCUT2D eigenvalue weighted by atomic mass is 79.9. The van der Waals surface area contributed by atoms with Crippen molar-refractivity contribution in [1.29, 1.82) is 0 Å². The molecule has 0 aromatic heterocycles. The Morgan fingerprint density at radius 1 is 1.20 bits per heavy atom. The molecule has 110 valence electrons. The Morgan fingerprint density at radius 3 is 2.05 bits per heavy atom. The minimum atomic E-state index is -0.892. The molecular formula is C13H14BrF2NO3. The van der Waals surface area contributed by atoms with Gasteiger partial charge in [0.2, 0.25) is 0 Å². The maximum Gasteiger partial charge on any atom is 0.260 e. The first kappa shape index (κ1) is 15.3. The van der Waals surface area contributed by atoms with E-state index in [2.05, 4.69) is 15.9 Å². The average Bonchev–Trinajstić information content (AvgIpc) is 2.80. The molecule has 1 aliphatic rings. The summed E-state index contributed by atoms with van der Waals surface area (Å²) in [5.41, 5.74) is -0.556. The van der Waals surface area contributed by atoms with E-state index in [-0.39, 0.29) is 29.8 Å². The van der Waals surface area contributed by atoms with Crippen LogP contribution < -0.4 is 0 Å². The van der Waals surface area contributed by atoms with Crippen molar-refractivity contribution in [1.82, 2.24) is 4.90 Å². The first-order valence-corrected chi connectivity index (χ1v) is 6.76. The van der Waals surface area contributed by atoms with Crippen molar-refractivity contribution >= 4 is 21.8 Å². The molecule has 1 aliphatic heterocycles. The van der Waals surface area contributed by atoms with E-state index in [0.29, 0.717) is 0 Å². The fourth-order valence-corrected chi connectivity index (χ4v) is 2.67. The Balaban J connectivity index is 2.25. The number of hydrogen-bond acceptors (Lipinski definition) is 3. The van der Waals surface area contributed by atoms with Crippen LogP contribution in [0.25, 0.3) is 0 Å². The van der Waals surface area contributed by atoms with Gasteiger partial charge < -0.3 is 14.4 Å². The highest BCUT2D eigenvalue weighted by Gasteiger charge is 2.37. The number of halogens is 3. The van der Waals surface area contributed by atoms with Crippen LogP contribution in [-0.4, -0.2) is 50.3 Å². The number of nitrogens with zero attached hydrogens (tertiary/aromatic N) is 1. The first-order chi connectivity index (χ1) is 9.47. The Labute approximate surface area is 123 Å². The topological polar surface area (TPSA) is 38.8 Å². The van der Waals surface area contributed by atoms with Gasteiger partial charge in [-0.3, -0.25) is 4.79 Å². The second-order valence-corrected chi connectivity index (χ2v) is 5.42. The van der Waals surface area contributed by atoms with Crippen LogP contribution in [0.5, 0.6) is 0 Å². The second-order valence-electron chi connectivity index (χ2n) is 4.50. The zero-order valence-electron chi connectivity index (χ0n) is 11.0. The number of benzene rings is 1. The lowest BCUT2D eigenvalue weighted by molar-refractivity contribution is -0.00461. The van der Waals surface area contributed by atoms with Crippen LogP contribution in [0, 0.1) is 11.6 Å². The number of ether oxygens (including phenoxy) is 2. The lowest BCUT2D eigenvalue weighted by atomic mass is 10.1. The third-order valence-electron chi connectivity index (χ3n) is 3.33. The van der Waals surface area contributed by atoms with Crippen LogP contribution in [0.2, 0.25) is 0 Å². The monoisotopic (exact) mass is 349 g/mol. The quantitative estimate of drug-likeness (QED) is 0.839. The minimum Gasteiger partial charge on any atom is -0.377 e. The molecular weight excluding hydrogens is 336 g/mol. The predicted molar refractivity (Wildman–Crippen MR) is 71.6 cm³/mol. The third kappa shape index (κ3) is 2.84. The Bertz CT molecular complexity index is 491. The summed E-state index contributed by atoms with van der Waals surface area (Å²) in [5, 5.41) is 0. The highest BCUT2D eigenvalue weighted by molar-refractivity contribution is 9.10. The zero-order chi connectivity index (χ0) is 14.9. The van der Waals surface area contributed by atoms with Crippen molar-refractivity contribution in [3.8, 4) is 0 Å². The van der Waals surface area contributed by atoms with Crippen molar-refractivity contribution < 1.29 is 23.0 Å². The van der Waals surface area contributed by atoms with Gasteiger partial charge in [0.25, 0.3) is 5.91 Å². The van der Waals surface area contributed by atoms with Crippen LogP contribution in [-0.2, 0) is 9.47 Å². The molecule has 0 aliphatic carbocycles. The molecule has 0 N–H and O–H groups in total. The van der Waals surface area contributed by atoms with Crippen LogP contribution in [0.1, 0.15) is 10.4 Å². The van der Waals surface area contributed by atoms with Crippen molar-refractivity contribution in [3.05, 3.63) is 33.8 Å². The van der Waals surface area contributed by atoms with E-state index < -0.39 is 23.1 Å². The number of amides is 1. The summed E-state index contributed by atoms with van der Waals surface area (Å²) in [6, 6.07) is 2.13. The lowest BCUT2D eigenvalue weighted by Gasteiger charge is -2.16. The van der Waals surface area contributed by atoms with Gasteiger partial charge in [-0.2, -0.15) is 0 Å². The van der Waals surface area contributed by atoms with Crippen LogP contribution in [0.15, 0.2) is 16.6 Å². The number of likely N-dealkylation sites (tertiary alicyclic amines) is 1. The molecule has 1 amide bonds. The molecule has 2 rings (SSSR count). The smallest absolute Gasteiger partial charge is 0.260 e. The molecule has 1 saturated heterocycles. The number of carbonyl (C=O) groups excluding carboxylic acids is 1. The highest BCUT2D eigenvalue weighted by Crippen LogP contribution is 2.24. The van der Waals surface area contributed by atoms with Gasteiger partial charge in [0.1, 0.15) is 29.4 Å². The summed E-state index contributed by atoms with van der Waals surface area (Å²) in [6.07, 6.45) is -0.601. The number of rotatable bonds is 3. The number of hydrogen-bond donors (Lipinski definition) is 0. The number of carbonyl (C=O) groups is 1. The van der Waals surface area contributed by atoms with E-state index in [4.69, 9.17) is 9.47 Å². The van der Waals surface area contributed by atoms with Gasteiger partial charge in [0, 0.05) is 31.8 Å². The predicted octanol–water partition coefficient (Wildman–Crippen LogP) is 2.21. The fourth-order valence-electron chi connectivity index (χ4n) is 2.27. The first-order valence-electron chi connectivity index (χ1n) is 5.97. The summed E-state index contributed by atoms with van der Waals surface area (Å²) >= 11 is 2.98. The Kier molecular flexibility index (Phi) is 4.72. The largest absolute Gasteiger partial charge is 0.377 e. The number of methoxy groups -OCH3 is 2. The maximum absolute atomic E-state index is 13.8. The van der Waals surface area contributed by atoms with E-state index in [1.807, 2.05) is 0 Å². The van der Waals surface area contributed by atoms with Gasteiger partial charge in [0.05, 0.1) is 0 Å². The second kappa shape index (κ2) is 6.15. The van der Waals surface area contributed by atoms with Crippen molar-refractivity contribution in [2.45, 2.75) is 12.2 Å². The summed E-state index contributed by atoms with van der Waals surface area (Å²) in [7, 11) is 3.01. The van der Waals surface area contributed by atoms with E-state index in [1.165, 1.54) is 19.1 Å². The molecule has 7 heteroatoms. The molecule has 2 unspecified atom stereocenters. The molecule has 4 nitrogen and oxygen atoms in total. The zero-order valence-corrected chi connectivity index (χ0v) is 12.6. The van der Waals surface area contributed by atoms with Gasteiger partial charge in [-0.05, 0) is 12.1 Å². The van der Waals surface area contributed by atoms with E-state index in [0.717, 1.165) is 12.1 Å². The molecule has 0 bridgehead atoms. The van der Waals surface area contributed by atoms with E-state index in [1.54, 1.807) is 0 Å². The van der Waals surface area contributed by atoms with Crippen molar-refractivity contribution in [2.24, 2.45) is 0 Å². The third-order valence-corrected chi connectivity index (χ3v) is 3.79. The van der Waals surface area contributed by atoms with Gasteiger partial charge in [-0.1, -0.05) is 15.9 Å². The molecule has 0 radical (unpaired) electrons. The normalized spacial score (nSPS) is 22.4. The molecule has 1 aromatic carbocycles. The van der Waals surface area contributed by atoms with Crippen molar-refractivity contribution in [2.75, 3.05) is 27.3 Å². The SMILES string of the molecule is COC1CN(C(=O)c2c(F)cc(Br)cc2F)CC1OC. The fraction of sp³-hybridized carbons (Fsp3) is 0.462. The molecule has 0 saturated carbocycles. The summed E-state index contributed by atoms with van der Waals surface area (Å²) in [6.45, 7) is 0.478. The van der Waals surface area contributed by atoms with Crippen LogP contribution in [0.3, 0.4) is 0 Å². The van der Waals surface area contributed by atoms with Gasteiger partial charge in [0.15, 0.2) is 0 Å². The molecule has 0 spiro atoms. The van der Waals surface area contributed by atoms with Crippen molar-refractivity contribution in [3.63, 3.8) is 0 Å². The van der Waals surface area contributed by atoms with Gasteiger partial charge >= 0.3 is 0 Å². The van der Waals surface area contributed by atoms with E-state index >= 15 is 0 Å². The summed E-state index contributed by atoms with van der Waals surface area (Å²) in [4.78, 5) is 13.6. The van der Waals surface area contributed by atoms with Crippen LogP contribution >= 0.6 is 15.9 Å². The van der Waals surface area contributed by atoms with Crippen LogP contribution in [0.4, 0.5) is 8.78 Å². The maximum atomic E-state index is 13.8. The van der Waals surface area contributed by atoms with E-state index in [9.17, 15) is 13.6 Å². The Morgan fingerprint density at radius 2 is 1.65 bits per heavy atom. The van der Waals surface area contributed by atoms with Gasteiger partial charge in [-0.15, -0.1) is 0 Å². The molecule has 20 heavy (non-hydrogen) atoms. The van der Waals surface area contributed by atoms with Gasteiger partial charge in [-0.25, -0.2) is 8.78 Å². The molecule has 1 aromatic rings. The summed E-state index contributed by atoms with van der Waals surface area (Å²) < 4.78 is 38.2.